The van der Waals surface area contributed by atoms with Crippen LogP contribution in [0.25, 0.3) is 0 Å². The summed E-state index contributed by atoms with van der Waals surface area (Å²) in [4.78, 5) is 11.7. The van der Waals surface area contributed by atoms with Gasteiger partial charge >= 0.3 is 0 Å². The first-order valence-electron chi connectivity index (χ1n) is 5.58. The van der Waals surface area contributed by atoms with Gasteiger partial charge in [-0.2, -0.15) is 0 Å². The molecule has 16 heavy (non-hydrogen) atoms. The predicted molar refractivity (Wildman–Crippen MR) is 59.2 cm³/mol. The summed E-state index contributed by atoms with van der Waals surface area (Å²) in [5.41, 5.74) is 0.751. The van der Waals surface area contributed by atoms with Crippen LogP contribution in [-0.4, -0.2) is 12.9 Å². The highest BCUT2D eigenvalue weighted by molar-refractivity contribution is 5.86. The second kappa shape index (κ2) is 4.64. The molecule has 1 aromatic carbocycles. The maximum Gasteiger partial charge on any atom is 0.140 e. The Kier molecular flexibility index (Phi) is 3.22. The van der Waals surface area contributed by atoms with E-state index in [1.165, 1.54) is 19.2 Å². The van der Waals surface area contributed by atoms with E-state index in [4.69, 9.17) is 4.74 Å². The summed E-state index contributed by atoms with van der Waals surface area (Å²) in [6.07, 6.45) is 3.44. The third-order valence-corrected chi connectivity index (χ3v) is 3.09. The van der Waals surface area contributed by atoms with Crippen LogP contribution in [-0.2, 0) is 4.79 Å². The van der Waals surface area contributed by atoms with Crippen LogP contribution in [0.15, 0.2) is 18.2 Å². The summed E-state index contributed by atoms with van der Waals surface area (Å²) in [5, 5.41) is 0. The van der Waals surface area contributed by atoms with Gasteiger partial charge in [-0.3, -0.25) is 4.79 Å². The van der Waals surface area contributed by atoms with Crippen molar-refractivity contribution < 1.29 is 13.9 Å². The van der Waals surface area contributed by atoms with E-state index in [1.807, 2.05) is 0 Å². The van der Waals surface area contributed by atoms with Crippen molar-refractivity contribution in [2.24, 2.45) is 0 Å². The van der Waals surface area contributed by atoms with E-state index < -0.39 is 0 Å². The molecule has 1 aliphatic carbocycles. The molecule has 0 saturated heterocycles. The Hall–Kier alpha value is -1.38. The van der Waals surface area contributed by atoms with E-state index in [-0.39, 0.29) is 17.5 Å². The van der Waals surface area contributed by atoms with Crippen molar-refractivity contribution in [1.82, 2.24) is 0 Å². The van der Waals surface area contributed by atoms with Crippen LogP contribution >= 0.6 is 0 Å². The molecule has 3 heteroatoms. The van der Waals surface area contributed by atoms with Crippen molar-refractivity contribution in [3.8, 4) is 5.75 Å². The number of benzene rings is 1. The Balaban J connectivity index is 2.31. The number of rotatable bonds is 2. The topological polar surface area (TPSA) is 26.3 Å². The maximum absolute atomic E-state index is 13.3. The van der Waals surface area contributed by atoms with Crippen molar-refractivity contribution in [3.05, 3.63) is 29.6 Å². The molecule has 0 amide bonds. The van der Waals surface area contributed by atoms with E-state index in [1.54, 1.807) is 6.07 Å². The van der Waals surface area contributed by atoms with Crippen molar-refractivity contribution >= 4 is 5.78 Å². The fraction of sp³-hybridized carbons (Fsp3) is 0.462. The van der Waals surface area contributed by atoms with E-state index >= 15 is 0 Å². The maximum atomic E-state index is 13.3. The van der Waals surface area contributed by atoms with Gasteiger partial charge in [0, 0.05) is 18.4 Å². The van der Waals surface area contributed by atoms with Gasteiger partial charge in [0.25, 0.3) is 0 Å². The first kappa shape index (κ1) is 11.1. The molecule has 1 saturated carbocycles. The number of ether oxygens (including phenoxy) is 1. The molecule has 1 aliphatic rings. The fourth-order valence-electron chi connectivity index (χ4n) is 2.24. The van der Waals surface area contributed by atoms with Crippen LogP contribution in [0.3, 0.4) is 0 Å². The third kappa shape index (κ3) is 2.23. The normalized spacial score (nSPS) is 20.9. The fourth-order valence-corrected chi connectivity index (χ4v) is 2.24. The summed E-state index contributed by atoms with van der Waals surface area (Å²) >= 11 is 0. The molecule has 1 unspecified atom stereocenters. The van der Waals surface area contributed by atoms with Crippen LogP contribution in [0, 0.1) is 5.82 Å². The zero-order valence-corrected chi connectivity index (χ0v) is 9.33. The molecule has 2 rings (SSSR count). The minimum atomic E-state index is -0.340. The number of Topliss-reactive ketones (excluding diaryl/α,β-unsaturated/α-hetero) is 1. The van der Waals surface area contributed by atoms with Crippen LogP contribution in [0.4, 0.5) is 4.39 Å². The third-order valence-electron chi connectivity index (χ3n) is 3.09. The Labute approximate surface area is 94.4 Å². The lowest BCUT2D eigenvalue weighted by Crippen LogP contribution is -2.17. The second-order valence-electron chi connectivity index (χ2n) is 4.19. The highest BCUT2D eigenvalue weighted by Gasteiger charge is 2.24. The van der Waals surface area contributed by atoms with Gasteiger partial charge in [0.15, 0.2) is 0 Å². The van der Waals surface area contributed by atoms with Crippen molar-refractivity contribution in [1.29, 1.82) is 0 Å². The van der Waals surface area contributed by atoms with Crippen LogP contribution < -0.4 is 4.74 Å². The summed E-state index contributed by atoms with van der Waals surface area (Å²) in [6, 6.07) is 4.53. The van der Waals surface area contributed by atoms with Crippen LogP contribution in [0.2, 0.25) is 0 Å². The molecule has 0 heterocycles. The largest absolute Gasteiger partial charge is 0.497 e. The number of carbonyl (C=O) groups excluding carboxylic acids is 1. The first-order valence-corrected chi connectivity index (χ1v) is 5.58. The van der Waals surface area contributed by atoms with Gasteiger partial charge in [0.05, 0.1) is 7.11 Å². The quantitative estimate of drug-likeness (QED) is 0.768. The molecule has 0 aromatic heterocycles. The Morgan fingerprint density at radius 1 is 1.31 bits per heavy atom. The molecule has 0 bridgehead atoms. The molecular weight excluding hydrogens is 207 g/mol. The van der Waals surface area contributed by atoms with Crippen LogP contribution in [0.1, 0.15) is 37.2 Å². The lowest BCUT2D eigenvalue weighted by Gasteiger charge is -2.21. The molecule has 1 fully saturated rings. The summed E-state index contributed by atoms with van der Waals surface area (Å²) < 4.78 is 18.3. The van der Waals surface area contributed by atoms with Gasteiger partial charge in [-0.25, -0.2) is 4.39 Å². The number of ketones is 1. The second-order valence-corrected chi connectivity index (χ2v) is 4.19. The highest BCUT2D eigenvalue weighted by Crippen LogP contribution is 2.32. The van der Waals surface area contributed by atoms with Gasteiger partial charge in [0.1, 0.15) is 17.3 Å². The predicted octanol–water partition coefficient (Wildman–Crippen LogP) is 3.06. The molecule has 1 aromatic rings. The van der Waals surface area contributed by atoms with E-state index in [0.29, 0.717) is 12.2 Å². The van der Waals surface area contributed by atoms with E-state index in [2.05, 4.69) is 0 Å². The molecule has 0 spiro atoms. The molecule has 0 radical (unpaired) electrons. The highest BCUT2D eigenvalue weighted by atomic mass is 19.1. The molecule has 0 N–H and O–H groups in total. The Morgan fingerprint density at radius 3 is 2.81 bits per heavy atom. The van der Waals surface area contributed by atoms with Crippen molar-refractivity contribution in [2.75, 3.05) is 7.11 Å². The minimum absolute atomic E-state index is 0.140. The van der Waals surface area contributed by atoms with Crippen molar-refractivity contribution in [3.63, 3.8) is 0 Å². The number of hydrogen-bond donors (Lipinski definition) is 0. The Morgan fingerprint density at radius 2 is 2.12 bits per heavy atom. The number of hydrogen-bond acceptors (Lipinski definition) is 2. The lowest BCUT2D eigenvalue weighted by atomic mass is 9.83. The zero-order chi connectivity index (χ0) is 11.5. The lowest BCUT2D eigenvalue weighted by molar-refractivity contribution is -0.121. The minimum Gasteiger partial charge on any atom is -0.497 e. The average Bonchev–Trinajstić information content (AvgIpc) is 2.28. The summed E-state index contributed by atoms with van der Waals surface area (Å²) in [5.74, 6) is 0.221. The van der Waals surface area contributed by atoms with Gasteiger partial charge in [-0.1, -0.05) is 6.42 Å². The zero-order valence-electron chi connectivity index (χ0n) is 9.33. The van der Waals surface area contributed by atoms with Gasteiger partial charge in [-0.15, -0.1) is 0 Å². The molecule has 86 valence electrons. The van der Waals surface area contributed by atoms with Gasteiger partial charge in [0.2, 0.25) is 0 Å². The molecule has 2 nitrogen and oxygen atoms in total. The standard InChI is InChI=1S/C13H15FO2/c1-16-11-7-9(6-10(14)8-11)12-4-2-3-5-13(12)15/h6-8,12H,2-5H2,1H3. The van der Waals surface area contributed by atoms with Gasteiger partial charge < -0.3 is 4.74 Å². The number of halogens is 1. The number of carbonyl (C=O) groups is 1. The van der Waals surface area contributed by atoms with E-state index in [9.17, 15) is 9.18 Å². The number of methoxy groups -OCH3 is 1. The SMILES string of the molecule is COc1cc(F)cc(C2CCCCC2=O)c1. The molecular formula is C13H15FO2. The monoisotopic (exact) mass is 222 g/mol. The summed E-state index contributed by atoms with van der Waals surface area (Å²) in [7, 11) is 1.50. The first-order chi connectivity index (χ1) is 7.70. The van der Waals surface area contributed by atoms with E-state index in [0.717, 1.165) is 24.8 Å². The Bertz CT molecular complexity index is 401. The van der Waals surface area contributed by atoms with Crippen molar-refractivity contribution in [2.45, 2.75) is 31.6 Å². The smallest absolute Gasteiger partial charge is 0.140 e. The summed E-state index contributed by atoms with van der Waals surface area (Å²) in [6.45, 7) is 0. The molecule has 0 aliphatic heterocycles. The van der Waals surface area contributed by atoms with Gasteiger partial charge in [-0.05, 0) is 30.5 Å². The van der Waals surface area contributed by atoms with Crippen LogP contribution in [0.5, 0.6) is 5.75 Å². The molecule has 1 atom stereocenters. The average molecular weight is 222 g/mol.